The molecule has 110 valence electrons. The summed E-state index contributed by atoms with van der Waals surface area (Å²) >= 11 is 0. The Morgan fingerprint density at radius 1 is 1.19 bits per heavy atom. The molecule has 1 atom stereocenters. The van der Waals surface area contributed by atoms with Crippen LogP contribution < -0.4 is 11.1 Å². The summed E-state index contributed by atoms with van der Waals surface area (Å²) in [6.45, 7) is 5.58. The predicted molar refractivity (Wildman–Crippen MR) is 82.5 cm³/mol. The number of carbonyl (C=O) groups is 1. The maximum absolute atomic E-state index is 13.3. The minimum absolute atomic E-state index is 0.368. The average molecular weight is 286 g/mol. The number of rotatable bonds is 4. The van der Waals surface area contributed by atoms with Crippen molar-refractivity contribution in [2.45, 2.75) is 26.3 Å². The van der Waals surface area contributed by atoms with E-state index in [9.17, 15) is 9.18 Å². The highest BCUT2D eigenvalue weighted by molar-refractivity contribution is 5.89. The molecule has 0 bridgehead atoms. The molecule has 1 unspecified atom stereocenters. The lowest BCUT2D eigenvalue weighted by Gasteiger charge is -2.31. The molecule has 0 saturated carbocycles. The van der Waals surface area contributed by atoms with Crippen molar-refractivity contribution in [2.75, 3.05) is 5.32 Å². The summed E-state index contributed by atoms with van der Waals surface area (Å²) in [5.41, 5.74) is 7.79. The summed E-state index contributed by atoms with van der Waals surface area (Å²) in [5.74, 6) is -0.881. The normalized spacial score (nSPS) is 13.5. The van der Waals surface area contributed by atoms with E-state index in [1.54, 1.807) is 19.1 Å². The third-order valence-electron chi connectivity index (χ3n) is 3.64. The lowest BCUT2D eigenvalue weighted by molar-refractivity contribution is -0.122. The summed E-state index contributed by atoms with van der Waals surface area (Å²) in [4.78, 5) is 12.0. The number of aryl methyl sites for hydroxylation is 2. The van der Waals surface area contributed by atoms with Gasteiger partial charge in [0.2, 0.25) is 5.91 Å². The lowest BCUT2D eigenvalue weighted by Crippen LogP contribution is -2.45. The molecule has 0 aromatic heterocycles. The second-order valence-corrected chi connectivity index (χ2v) is 5.44. The number of hydrogen-bond donors (Lipinski definition) is 2. The van der Waals surface area contributed by atoms with Gasteiger partial charge in [-0.15, -0.1) is 0 Å². The fraction of sp³-hybridized carbons (Fsp3) is 0.235. The molecule has 2 rings (SSSR count). The van der Waals surface area contributed by atoms with Gasteiger partial charge in [-0.05, 0) is 50.1 Å². The van der Waals surface area contributed by atoms with Gasteiger partial charge in [0.15, 0.2) is 0 Å². The standard InChI is InChI=1S/C17H19FN2O/c1-11-7-8-12(2)15(9-11)17(3,16(19)21)20-14-6-4-5-13(18)10-14/h4-10,20H,1-3H3,(H2,19,21). The highest BCUT2D eigenvalue weighted by Gasteiger charge is 2.34. The minimum atomic E-state index is -1.11. The smallest absolute Gasteiger partial charge is 0.247 e. The van der Waals surface area contributed by atoms with E-state index in [1.165, 1.54) is 12.1 Å². The maximum atomic E-state index is 13.3. The Balaban J connectivity index is 2.50. The van der Waals surface area contributed by atoms with Gasteiger partial charge in [0, 0.05) is 5.69 Å². The van der Waals surface area contributed by atoms with Crippen molar-refractivity contribution in [2.24, 2.45) is 5.73 Å². The Morgan fingerprint density at radius 3 is 2.52 bits per heavy atom. The summed E-state index contributed by atoms with van der Waals surface area (Å²) < 4.78 is 13.3. The fourth-order valence-electron chi connectivity index (χ4n) is 2.39. The number of amides is 1. The van der Waals surface area contributed by atoms with Crippen LogP contribution in [0.5, 0.6) is 0 Å². The summed E-state index contributed by atoms with van der Waals surface area (Å²) in [7, 11) is 0. The Kier molecular flexibility index (Phi) is 3.98. The van der Waals surface area contributed by atoms with Crippen molar-refractivity contribution in [3.8, 4) is 0 Å². The van der Waals surface area contributed by atoms with Gasteiger partial charge >= 0.3 is 0 Å². The number of benzene rings is 2. The quantitative estimate of drug-likeness (QED) is 0.906. The number of anilines is 1. The zero-order valence-electron chi connectivity index (χ0n) is 12.4. The Labute approximate surface area is 124 Å². The summed E-state index contributed by atoms with van der Waals surface area (Å²) in [6.07, 6.45) is 0. The van der Waals surface area contributed by atoms with Gasteiger partial charge in [-0.25, -0.2) is 4.39 Å². The number of nitrogens with one attached hydrogen (secondary N) is 1. The van der Waals surface area contributed by atoms with Crippen molar-refractivity contribution in [3.05, 3.63) is 65.0 Å². The van der Waals surface area contributed by atoms with Crippen LogP contribution in [0.2, 0.25) is 0 Å². The van der Waals surface area contributed by atoms with Gasteiger partial charge < -0.3 is 11.1 Å². The molecule has 2 aromatic carbocycles. The van der Waals surface area contributed by atoms with Crippen LogP contribution in [0.3, 0.4) is 0 Å². The van der Waals surface area contributed by atoms with Crippen LogP contribution in [0.4, 0.5) is 10.1 Å². The SMILES string of the molecule is Cc1ccc(C)c(C(C)(Nc2cccc(F)c2)C(N)=O)c1. The van der Waals surface area contributed by atoms with Crippen LogP contribution in [0, 0.1) is 19.7 Å². The van der Waals surface area contributed by atoms with E-state index in [-0.39, 0.29) is 5.82 Å². The number of primary amides is 1. The van der Waals surface area contributed by atoms with Gasteiger partial charge in [0.05, 0.1) is 0 Å². The van der Waals surface area contributed by atoms with Crippen molar-refractivity contribution < 1.29 is 9.18 Å². The Bertz CT molecular complexity index is 684. The molecular weight excluding hydrogens is 267 g/mol. The molecule has 0 spiro atoms. The van der Waals surface area contributed by atoms with E-state index in [4.69, 9.17) is 5.73 Å². The predicted octanol–water partition coefficient (Wildman–Crippen LogP) is 3.26. The van der Waals surface area contributed by atoms with Gasteiger partial charge in [0.25, 0.3) is 0 Å². The van der Waals surface area contributed by atoms with E-state index < -0.39 is 11.4 Å². The Morgan fingerprint density at radius 2 is 1.90 bits per heavy atom. The first kappa shape index (κ1) is 15.0. The molecule has 3 nitrogen and oxygen atoms in total. The van der Waals surface area contributed by atoms with Crippen molar-refractivity contribution in [1.29, 1.82) is 0 Å². The number of halogens is 1. The molecule has 0 radical (unpaired) electrons. The van der Waals surface area contributed by atoms with E-state index in [0.29, 0.717) is 5.69 Å². The third-order valence-corrected chi connectivity index (χ3v) is 3.64. The van der Waals surface area contributed by atoms with Crippen molar-refractivity contribution in [1.82, 2.24) is 0 Å². The fourth-order valence-corrected chi connectivity index (χ4v) is 2.39. The molecule has 21 heavy (non-hydrogen) atoms. The lowest BCUT2D eigenvalue weighted by atomic mass is 9.86. The average Bonchev–Trinajstić information content (AvgIpc) is 2.41. The molecular formula is C17H19FN2O. The molecule has 3 N–H and O–H groups in total. The molecule has 2 aromatic rings. The zero-order chi connectivity index (χ0) is 15.6. The first-order valence-corrected chi connectivity index (χ1v) is 6.74. The van der Waals surface area contributed by atoms with Crippen molar-refractivity contribution in [3.63, 3.8) is 0 Å². The molecule has 0 aliphatic carbocycles. The van der Waals surface area contributed by atoms with Crippen LogP contribution in [0.15, 0.2) is 42.5 Å². The number of hydrogen-bond acceptors (Lipinski definition) is 2. The zero-order valence-corrected chi connectivity index (χ0v) is 12.4. The molecule has 0 aliphatic heterocycles. The first-order valence-electron chi connectivity index (χ1n) is 6.74. The largest absolute Gasteiger partial charge is 0.368 e. The second-order valence-electron chi connectivity index (χ2n) is 5.44. The van der Waals surface area contributed by atoms with Gasteiger partial charge in [-0.1, -0.05) is 29.8 Å². The van der Waals surface area contributed by atoms with E-state index in [1.807, 2.05) is 32.0 Å². The van der Waals surface area contributed by atoms with Gasteiger partial charge in [-0.3, -0.25) is 4.79 Å². The molecule has 0 heterocycles. The molecule has 0 fully saturated rings. The summed E-state index contributed by atoms with van der Waals surface area (Å²) in [5, 5.41) is 3.07. The van der Waals surface area contributed by atoms with Crippen LogP contribution in [0.1, 0.15) is 23.6 Å². The molecule has 1 amide bonds. The monoisotopic (exact) mass is 286 g/mol. The van der Waals surface area contributed by atoms with Gasteiger partial charge in [-0.2, -0.15) is 0 Å². The van der Waals surface area contributed by atoms with Crippen LogP contribution in [0.25, 0.3) is 0 Å². The van der Waals surface area contributed by atoms with E-state index >= 15 is 0 Å². The number of carbonyl (C=O) groups excluding carboxylic acids is 1. The highest BCUT2D eigenvalue weighted by atomic mass is 19.1. The first-order chi connectivity index (χ1) is 9.83. The molecule has 4 heteroatoms. The minimum Gasteiger partial charge on any atom is -0.368 e. The topological polar surface area (TPSA) is 55.1 Å². The van der Waals surface area contributed by atoms with Crippen LogP contribution >= 0.6 is 0 Å². The summed E-state index contributed by atoms with van der Waals surface area (Å²) in [6, 6.07) is 11.8. The van der Waals surface area contributed by atoms with Crippen molar-refractivity contribution >= 4 is 11.6 Å². The van der Waals surface area contributed by atoms with Crippen LogP contribution in [-0.4, -0.2) is 5.91 Å². The van der Waals surface area contributed by atoms with E-state index in [2.05, 4.69) is 5.32 Å². The maximum Gasteiger partial charge on any atom is 0.247 e. The van der Waals surface area contributed by atoms with Crippen LogP contribution in [-0.2, 0) is 10.3 Å². The Hall–Kier alpha value is -2.36. The molecule has 0 saturated heterocycles. The third kappa shape index (κ3) is 3.05. The van der Waals surface area contributed by atoms with Gasteiger partial charge in [0.1, 0.15) is 11.4 Å². The highest BCUT2D eigenvalue weighted by Crippen LogP contribution is 2.29. The number of nitrogens with two attached hydrogens (primary N) is 1. The molecule has 0 aliphatic rings. The second kappa shape index (κ2) is 5.56. The van der Waals surface area contributed by atoms with E-state index in [0.717, 1.165) is 16.7 Å².